The summed E-state index contributed by atoms with van der Waals surface area (Å²) in [6, 6.07) is -3.42. The van der Waals surface area contributed by atoms with Crippen molar-refractivity contribution in [1.29, 1.82) is 0 Å². The molecule has 1 heterocycles. The van der Waals surface area contributed by atoms with Crippen LogP contribution >= 0.6 is 0 Å². The van der Waals surface area contributed by atoms with Gasteiger partial charge in [0.05, 0.1) is 0 Å². The Hall–Kier alpha value is -1.53. The van der Waals surface area contributed by atoms with Crippen LogP contribution in [0.25, 0.3) is 0 Å². The molecule has 172 valence electrons. The van der Waals surface area contributed by atoms with E-state index in [2.05, 4.69) is 24.8 Å². The number of carbonyl (C=O) groups is 2. The van der Waals surface area contributed by atoms with E-state index >= 15 is 0 Å². The molecule has 4 aliphatic carbocycles. The highest BCUT2D eigenvalue weighted by Crippen LogP contribution is 2.66. The lowest BCUT2D eigenvalue weighted by molar-refractivity contribution is -0.146. The van der Waals surface area contributed by atoms with Crippen LogP contribution in [-0.2, 0) is 9.59 Å². The van der Waals surface area contributed by atoms with Gasteiger partial charge in [-0.25, -0.2) is 4.39 Å². The number of rotatable bonds is 4. The molecule has 2 amide bonds. The van der Waals surface area contributed by atoms with E-state index in [-0.39, 0.29) is 16.7 Å². The molecule has 7 heteroatoms. The van der Waals surface area contributed by atoms with Crippen molar-refractivity contribution in [2.45, 2.75) is 83.7 Å². The second kappa shape index (κ2) is 6.98. The predicted molar refractivity (Wildman–Crippen MR) is 110 cm³/mol. The third-order valence-corrected chi connectivity index (χ3v) is 9.51. The molecule has 3 saturated carbocycles. The Morgan fingerprint density at radius 2 is 1.90 bits per heavy atom. The molecule has 0 aromatic heterocycles. The summed E-state index contributed by atoms with van der Waals surface area (Å²) in [6.07, 6.45) is 10.0. The number of halogens is 3. The van der Waals surface area contributed by atoms with Crippen LogP contribution in [0, 0.1) is 34.5 Å². The van der Waals surface area contributed by atoms with Gasteiger partial charge in [-0.15, -0.1) is 0 Å². The van der Waals surface area contributed by atoms with Crippen molar-refractivity contribution in [2.75, 3.05) is 6.67 Å². The summed E-state index contributed by atoms with van der Waals surface area (Å²) in [7, 11) is 0. The highest BCUT2D eigenvalue weighted by molar-refractivity contribution is 5.81. The largest absolute Gasteiger partial charge is 0.353 e. The van der Waals surface area contributed by atoms with Crippen LogP contribution in [0.3, 0.4) is 0 Å². The van der Waals surface area contributed by atoms with E-state index < -0.39 is 24.5 Å². The second-order valence-electron chi connectivity index (χ2n) is 11.1. The Labute approximate surface area is 182 Å². The van der Waals surface area contributed by atoms with Gasteiger partial charge in [-0.05, 0) is 74.5 Å². The van der Waals surface area contributed by atoms with Gasteiger partial charge in [0.25, 0.3) is 0 Å². The Bertz CT molecular complexity index is 826. The van der Waals surface area contributed by atoms with Gasteiger partial charge in [0, 0.05) is 29.5 Å². The monoisotopic (exact) mass is 438 g/mol. The Balaban J connectivity index is 1.41. The smallest absolute Gasteiger partial charge is 0.313 e. The molecule has 4 nitrogen and oxygen atoms in total. The summed E-state index contributed by atoms with van der Waals surface area (Å²) in [4.78, 5) is 27.4. The fourth-order valence-corrected chi connectivity index (χ4v) is 7.85. The third-order valence-electron chi connectivity index (χ3n) is 9.51. The molecule has 0 unspecified atom stereocenters. The summed E-state index contributed by atoms with van der Waals surface area (Å²) in [5.41, 5.74) is 0.869. The summed E-state index contributed by atoms with van der Waals surface area (Å²) < 4.78 is 39.6. The van der Waals surface area contributed by atoms with Crippen molar-refractivity contribution in [1.82, 2.24) is 10.2 Å². The number of piperidine rings is 1. The molecule has 4 fully saturated rings. The Kier molecular flexibility index (Phi) is 4.80. The Morgan fingerprint density at radius 1 is 1.16 bits per heavy atom. The van der Waals surface area contributed by atoms with Gasteiger partial charge in [0.1, 0.15) is 0 Å². The SMILES string of the molecule is C[C@]12CC[C@H]3[C@@H](CC=C4N(C5CC5)C(=O)CC[C@@]43C)[C@@H]1CC[C@@H]2C(=O)NC(F)(F)CF. The van der Waals surface area contributed by atoms with Crippen LogP contribution in [0.1, 0.15) is 71.6 Å². The standard InChI is InChI=1S/C24H33F3N2O2/c1-22-11-9-17-15(16(22)6-7-18(22)21(31)28-24(26,27)13-25)5-8-19-23(17,2)12-10-20(30)29(19)14-3-4-14/h8,14-18H,3-7,9-13H2,1-2H3,(H,28,31)/t15-,16-,17-,18+,22-,23+/m0/s1. The van der Waals surface area contributed by atoms with E-state index in [4.69, 9.17) is 0 Å². The third kappa shape index (κ3) is 3.16. The zero-order valence-corrected chi connectivity index (χ0v) is 18.4. The van der Waals surface area contributed by atoms with Crippen LogP contribution in [0.5, 0.6) is 0 Å². The van der Waals surface area contributed by atoms with Crippen molar-refractivity contribution in [2.24, 2.45) is 34.5 Å². The van der Waals surface area contributed by atoms with Gasteiger partial charge in [-0.2, -0.15) is 8.78 Å². The van der Waals surface area contributed by atoms with Gasteiger partial charge in [0.2, 0.25) is 11.8 Å². The number of nitrogens with zero attached hydrogens (tertiary/aromatic N) is 1. The topological polar surface area (TPSA) is 49.4 Å². The average molecular weight is 439 g/mol. The highest BCUT2D eigenvalue weighted by Gasteiger charge is 2.61. The van der Waals surface area contributed by atoms with Gasteiger partial charge >= 0.3 is 6.05 Å². The molecule has 1 aliphatic heterocycles. The molecule has 1 saturated heterocycles. The molecule has 5 rings (SSSR count). The first kappa shape index (κ1) is 21.3. The number of amides is 2. The average Bonchev–Trinajstić information content (AvgIpc) is 3.48. The minimum absolute atomic E-state index is 0.0254. The molecule has 1 N–H and O–H groups in total. The van der Waals surface area contributed by atoms with Gasteiger partial charge in [-0.1, -0.05) is 19.9 Å². The zero-order valence-electron chi connectivity index (χ0n) is 18.4. The molecular formula is C24H33F3N2O2. The first-order valence-corrected chi connectivity index (χ1v) is 11.9. The predicted octanol–water partition coefficient (Wildman–Crippen LogP) is 4.80. The van der Waals surface area contributed by atoms with Gasteiger partial charge in [0.15, 0.2) is 6.67 Å². The normalized spacial score (nSPS) is 42.4. The van der Waals surface area contributed by atoms with Crippen molar-refractivity contribution in [3.8, 4) is 0 Å². The number of hydrogen-bond acceptors (Lipinski definition) is 2. The van der Waals surface area contributed by atoms with E-state index in [1.54, 1.807) is 5.32 Å². The van der Waals surface area contributed by atoms with Crippen molar-refractivity contribution >= 4 is 11.8 Å². The fraction of sp³-hybridized carbons (Fsp3) is 0.833. The molecule has 5 aliphatic rings. The minimum atomic E-state index is -3.79. The molecule has 0 aromatic carbocycles. The number of nitrogens with one attached hydrogen (secondary N) is 1. The summed E-state index contributed by atoms with van der Waals surface area (Å²) in [5, 5.41) is 1.66. The lowest BCUT2D eigenvalue weighted by Gasteiger charge is -2.58. The molecule has 31 heavy (non-hydrogen) atoms. The van der Waals surface area contributed by atoms with Crippen molar-refractivity contribution in [3.05, 3.63) is 11.8 Å². The van der Waals surface area contributed by atoms with E-state index in [0.29, 0.717) is 36.6 Å². The van der Waals surface area contributed by atoms with E-state index in [1.807, 2.05) is 0 Å². The van der Waals surface area contributed by atoms with Crippen molar-refractivity contribution in [3.63, 3.8) is 0 Å². The quantitative estimate of drug-likeness (QED) is 0.641. The highest BCUT2D eigenvalue weighted by atomic mass is 19.3. The van der Waals surface area contributed by atoms with E-state index in [9.17, 15) is 22.8 Å². The van der Waals surface area contributed by atoms with Crippen LogP contribution < -0.4 is 5.32 Å². The Morgan fingerprint density at radius 3 is 2.58 bits per heavy atom. The lowest BCUT2D eigenvalue weighted by Crippen LogP contribution is -2.56. The summed E-state index contributed by atoms with van der Waals surface area (Å²) >= 11 is 0. The molecule has 0 bridgehead atoms. The molecule has 0 radical (unpaired) electrons. The van der Waals surface area contributed by atoms with Crippen LogP contribution in [0.15, 0.2) is 11.8 Å². The van der Waals surface area contributed by atoms with Crippen LogP contribution in [-0.4, -0.2) is 35.5 Å². The summed E-state index contributed by atoms with van der Waals surface area (Å²) in [5.74, 6) is 0.215. The number of fused-ring (bicyclic) bond motifs is 5. The van der Waals surface area contributed by atoms with Crippen molar-refractivity contribution < 1.29 is 22.8 Å². The minimum Gasteiger partial charge on any atom is -0.313 e. The maximum absolute atomic E-state index is 13.5. The molecule has 6 atom stereocenters. The number of likely N-dealkylation sites (tertiary alicyclic amines) is 1. The maximum atomic E-state index is 13.5. The number of allylic oxidation sites excluding steroid dienone is 2. The summed E-state index contributed by atoms with van der Waals surface area (Å²) in [6.45, 7) is 2.53. The first-order chi connectivity index (χ1) is 14.6. The second-order valence-corrected chi connectivity index (χ2v) is 11.1. The maximum Gasteiger partial charge on any atom is 0.353 e. The molecule has 0 aromatic rings. The number of alkyl halides is 3. The van der Waals surface area contributed by atoms with Crippen LogP contribution in [0.2, 0.25) is 0 Å². The van der Waals surface area contributed by atoms with E-state index in [0.717, 1.165) is 44.9 Å². The molecule has 0 spiro atoms. The molecular weight excluding hydrogens is 405 g/mol. The van der Waals surface area contributed by atoms with Gasteiger partial charge < -0.3 is 4.90 Å². The lowest BCUT2D eigenvalue weighted by atomic mass is 9.49. The van der Waals surface area contributed by atoms with Crippen LogP contribution in [0.4, 0.5) is 13.2 Å². The van der Waals surface area contributed by atoms with E-state index in [1.165, 1.54) is 5.70 Å². The first-order valence-electron chi connectivity index (χ1n) is 11.9. The fourth-order valence-electron chi connectivity index (χ4n) is 7.85. The number of carbonyl (C=O) groups excluding carboxylic acids is 2. The number of hydrogen-bond donors (Lipinski definition) is 1. The van der Waals surface area contributed by atoms with Gasteiger partial charge in [-0.3, -0.25) is 14.9 Å². The zero-order chi connectivity index (χ0) is 22.2.